The second kappa shape index (κ2) is 13.6. The van der Waals surface area contributed by atoms with Crippen LogP contribution in [0.1, 0.15) is 197 Å². The molecule has 1 N–H and O–H groups in total. The van der Waals surface area contributed by atoms with E-state index in [1.165, 1.54) is 103 Å². The molecule has 0 bridgehead atoms. The van der Waals surface area contributed by atoms with Gasteiger partial charge in [-0.1, -0.05) is 138 Å². The second-order valence-electron chi connectivity index (χ2n) is 20.1. The first-order chi connectivity index (χ1) is 21.6. The first-order valence-electron chi connectivity index (χ1n) is 20.5. The van der Waals surface area contributed by atoms with Crippen LogP contribution in [0, 0.1) is 56.2 Å². The van der Waals surface area contributed by atoms with E-state index in [9.17, 15) is 9.90 Å². The number of unbranched alkanes of at least 4 members (excludes halogenated alkanes) is 10. The van der Waals surface area contributed by atoms with Crippen molar-refractivity contribution >= 4 is 5.78 Å². The highest BCUT2D eigenvalue weighted by Crippen LogP contribution is 2.76. The topological polar surface area (TPSA) is 37.3 Å². The van der Waals surface area contributed by atoms with Gasteiger partial charge >= 0.3 is 0 Å². The first-order valence-corrected chi connectivity index (χ1v) is 20.5. The van der Waals surface area contributed by atoms with Gasteiger partial charge in [-0.05, 0) is 109 Å². The molecule has 5 aliphatic carbocycles. The lowest BCUT2D eigenvalue weighted by Crippen LogP contribution is -2.66. The molecule has 264 valence electrons. The standard InChI is InChI=1S/C44H76O2/c1-10-11-12-13-14-15-16-17-18-19-20-21-35(45)33-24-26-42(7)36(40(33,4)5)25-27-43(8)37(42)23-22-32-34-30-39(2,3)28-29-41(34,6)38(46)31-44(32,43)9/h22,33-34,36-38,46H,10-21,23-31H2,1-9H3/t33-,34+,36+,37-,38+,41+,42+,43-,44-/m1/s1. The molecule has 5 rings (SSSR count). The van der Waals surface area contributed by atoms with Gasteiger partial charge < -0.3 is 5.11 Å². The van der Waals surface area contributed by atoms with Crippen molar-refractivity contribution in [3.05, 3.63) is 11.6 Å². The fourth-order valence-electron chi connectivity index (χ4n) is 13.3. The number of ketones is 1. The Kier molecular flexibility index (Phi) is 10.8. The maximum absolute atomic E-state index is 13.9. The third-order valence-electron chi connectivity index (χ3n) is 16.6. The zero-order chi connectivity index (χ0) is 33.6. The minimum atomic E-state index is -0.211. The Hall–Kier alpha value is -0.630. The molecule has 2 nitrogen and oxygen atoms in total. The molecule has 0 unspecified atom stereocenters. The van der Waals surface area contributed by atoms with Crippen LogP contribution in [0.2, 0.25) is 0 Å². The summed E-state index contributed by atoms with van der Waals surface area (Å²) in [4.78, 5) is 13.9. The molecule has 0 radical (unpaired) electrons. The van der Waals surface area contributed by atoms with E-state index < -0.39 is 0 Å². The van der Waals surface area contributed by atoms with Crippen LogP contribution in [0.15, 0.2) is 11.6 Å². The first kappa shape index (κ1) is 36.6. The van der Waals surface area contributed by atoms with Gasteiger partial charge in [0, 0.05) is 17.8 Å². The number of hydrogen-bond donors (Lipinski definition) is 1. The van der Waals surface area contributed by atoms with Gasteiger partial charge in [-0.3, -0.25) is 4.79 Å². The molecule has 46 heavy (non-hydrogen) atoms. The molecular weight excluding hydrogens is 560 g/mol. The lowest BCUT2D eigenvalue weighted by atomic mass is 9.33. The largest absolute Gasteiger partial charge is 0.393 e. The normalized spacial score (nSPS) is 42.7. The molecule has 0 amide bonds. The van der Waals surface area contributed by atoms with E-state index in [-0.39, 0.29) is 39.1 Å². The van der Waals surface area contributed by atoms with Crippen molar-refractivity contribution in [3.8, 4) is 0 Å². The van der Waals surface area contributed by atoms with E-state index in [2.05, 4.69) is 68.4 Å². The molecule has 5 aliphatic rings. The third kappa shape index (κ3) is 6.28. The van der Waals surface area contributed by atoms with E-state index in [4.69, 9.17) is 0 Å². The minimum Gasteiger partial charge on any atom is -0.393 e. The molecule has 0 spiro atoms. The molecule has 0 aromatic heterocycles. The summed E-state index contributed by atoms with van der Waals surface area (Å²) in [6, 6.07) is 0. The Bertz CT molecular complexity index is 1100. The number of aliphatic hydroxyl groups is 1. The summed E-state index contributed by atoms with van der Waals surface area (Å²) in [5.41, 5.74) is 2.69. The minimum absolute atomic E-state index is 0.0272. The van der Waals surface area contributed by atoms with Crippen LogP contribution in [-0.4, -0.2) is 17.0 Å². The van der Waals surface area contributed by atoms with Crippen molar-refractivity contribution in [2.45, 2.75) is 203 Å². The van der Waals surface area contributed by atoms with E-state index >= 15 is 0 Å². The Labute approximate surface area is 286 Å². The van der Waals surface area contributed by atoms with Crippen LogP contribution >= 0.6 is 0 Å². The van der Waals surface area contributed by atoms with Crippen LogP contribution in [-0.2, 0) is 4.79 Å². The van der Waals surface area contributed by atoms with Crippen molar-refractivity contribution in [2.75, 3.05) is 0 Å². The fourth-order valence-corrected chi connectivity index (χ4v) is 13.3. The predicted octanol–water partition coefficient (Wildman–Crippen LogP) is 12.7. The highest BCUT2D eigenvalue weighted by atomic mass is 16.3. The van der Waals surface area contributed by atoms with E-state index in [0.29, 0.717) is 29.0 Å². The molecule has 9 atom stereocenters. The zero-order valence-electron chi connectivity index (χ0n) is 32.2. The highest BCUT2D eigenvalue weighted by molar-refractivity contribution is 5.82. The van der Waals surface area contributed by atoms with Crippen molar-refractivity contribution in [1.82, 2.24) is 0 Å². The fraction of sp³-hybridized carbons (Fsp3) is 0.932. The summed E-state index contributed by atoms with van der Waals surface area (Å²) in [6.45, 7) is 22.5. The van der Waals surface area contributed by atoms with Crippen LogP contribution in [0.4, 0.5) is 0 Å². The number of rotatable bonds is 13. The quantitative estimate of drug-likeness (QED) is 0.161. The molecular formula is C44H76O2. The average molecular weight is 637 g/mol. The van der Waals surface area contributed by atoms with Gasteiger partial charge in [-0.25, -0.2) is 0 Å². The smallest absolute Gasteiger partial charge is 0.136 e. The van der Waals surface area contributed by atoms with Gasteiger partial charge in [0.1, 0.15) is 5.78 Å². The van der Waals surface area contributed by atoms with Gasteiger partial charge in [-0.15, -0.1) is 0 Å². The molecule has 0 heterocycles. The molecule has 2 heteroatoms. The lowest BCUT2D eigenvalue weighted by molar-refractivity contribution is -0.205. The van der Waals surface area contributed by atoms with Gasteiger partial charge in [0.15, 0.2) is 0 Å². The summed E-state index contributed by atoms with van der Waals surface area (Å²) in [6.07, 6.45) is 28.5. The zero-order valence-corrected chi connectivity index (χ0v) is 32.2. The number of carbonyl (C=O) groups excluding carboxylic acids is 1. The van der Waals surface area contributed by atoms with Gasteiger partial charge in [0.2, 0.25) is 0 Å². The SMILES string of the molecule is CCCCCCCCCCCCCC(=O)[C@H]1CC[C@]2(C)[C@H]3CC=C4[C@@H]5CC(C)(C)CC[C@]5(C)[C@@H](O)C[C@@]4(C)[C@]3(C)CC[C@H]2C1(C)C. The summed E-state index contributed by atoms with van der Waals surface area (Å²) in [5, 5.41) is 11.9. The summed E-state index contributed by atoms with van der Waals surface area (Å²) < 4.78 is 0. The number of hydrogen-bond acceptors (Lipinski definition) is 2. The maximum Gasteiger partial charge on any atom is 0.136 e. The Morgan fingerprint density at radius 1 is 0.717 bits per heavy atom. The summed E-state index contributed by atoms with van der Waals surface area (Å²) in [7, 11) is 0. The van der Waals surface area contributed by atoms with Gasteiger partial charge in [0.25, 0.3) is 0 Å². The maximum atomic E-state index is 13.9. The monoisotopic (exact) mass is 637 g/mol. The number of carbonyl (C=O) groups is 1. The van der Waals surface area contributed by atoms with Crippen molar-refractivity contribution in [2.24, 2.45) is 56.2 Å². The molecule has 0 aliphatic heterocycles. The Balaban J connectivity index is 1.22. The molecule has 4 saturated carbocycles. The second-order valence-corrected chi connectivity index (χ2v) is 20.1. The Morgan fingerprint density at radius 2 is 1.33 bits per heavy atom. The van der Waals surface area contributed by atoms with Crippen LogP contribution in [0.25, 0.3) is 0 Å². The van der Waals surface area contributed by atoms with Gasteiger partial charge in [0.05, 0.1) is 6.10 Å². The van der Waals surface area contributed by atoms with Crippen molar-refractivity contribution in [3.63, 3.8) is 0 Å². The Morgan fingerprint density at radius 3 is 1.96 bits per heavy atom. The van der Waals surface area contributed by atoms with E-state index in [1.807, 2.05) is 0 Å². The summed E-state index contributed by atoms with van der Waals surface area (Å²) in [5.74, 6) is 2.54. The van der Waals surface area contributed by atoms with E-state index in [1.54, 1.807) is 5.57 Å². The van der Waals surface area contributed by atoms with E-state index in [0.717, 1.165) is 32.1 Å². The van der Waals surface area contributed by atoms with Gasteiger partial charge in [-0.2, -0.15) is 0 Å². The average Bonchev–Trinajstić information content (AvgIpc) is 2.97. The molecule has 0 aromatic rings. The molecule has 0 aromatic carbocycles. The molecule has 0 saturated heterocycles. The van der Waals surface area contributed by atoms with Crippen LogP contribution in [0.5, 0.6) is 0 Å². The highest BCUT2D eigenvalue weighted by Gasteiger charge is 2.69. The number of Topliss-reactive ketones (excluding diaryl/α,β-unsaturated/α-hetero) is 1. The van der Waals surface area contributed by atoms with Crippen LogP contribution < -0.4 is 0 Å². The predicted molar refractivity (Wildman–Crippen MR) is 196 cm³/mol. The summed E-state index contributed by atoms with van der Waals surface area (Å²) >= 11 is 0. The number of fused-ring (bicyclic) bond motifs is 7. The number of allylic oxidation sites excluding steroid dienone is 2. The number of aliphatic hydroxyl groups excluding tert-OH is 1. The lowest BCUT2D eigenvalue weighted by Gasteiger charge is -2.72. The van der Waals surface area contributed by atoms with Crippen molar-refractivity contribution < 1.29 is 9.90 Å². The van der Waals surface area contributed by atoms with Crippen molar-refractivity contribution in [1.29, 1.82) is 0 Å². The molecule has 4 fully saturated rings. The van der Waals surface area contributed by atoms with Crippen LogP contribution in [0.3, 0.4) is 0 Å². The third-order valence-corrected chi connectivity index (χ3v) is 16.6.